The minimum Gasteiger partial charge on any atom is -0.491 e. The second-order valence-corrected chi connectivity index (χ2v) is 5.02. The maximum atomic E-state index is 11.5. The quantitative estimate of drug-likeness (QED) is 0.670. The first kappa shape index (κ1) is 13.7. The number of ether oxygens (including phenoxy) is 2. The molecule has 0 saturated heterocycles. The fourth-order valence-electron chi connectivity index (χ4n) is 2.52. The van der Waals surface area contributed by atoms with Crippen molar-refractivity contribution >= 4 is 11.7 Å². The van der Waals surface area contributed by atoms with E-state index in [1.54, 1.807) is 18.2 Å². The first-order valence-electron chi connectivity index (χ1n) is 6.82. The van der Waals surface area contributed by atoms with Gasteiger partial charge >= 0.3 is 5.97 Å². The second kappa shape index (κ2) is 6.45. The number of rotatable bonds is 4. The van der Waals surface area contributed by atoms with Crippen molar-refractivity contribution in [1.82, 2.24) is 0 Å². The van der Waals surface area contributed by atoms with E-state index < -0.39 is 5.97 Å². The summed E-state index contributed by atoms with van der Waals surface area (Å²) in [5.74, 6) is 0.754. The van der Waals surface area contributed by atoms with Gasteiger partial charge in [0, 0.05) is 0 Å². The predicted octanol–water partition coefficient (Wildman–Crippen LogP) is 3.01. The topological polar surface area (TPSA) is 61.5 Å². The molecule has 1 saturated carbocycles. The smallest absolute Gasteiger partial charge is 0.340 e. The first-order valence-corrected chi connectivity index (χ1v) is 6.82. The zero-order valence-corrected chi connectivity index (χ0v) is 11.4. The molecular weight excluding hydrogens is 242 g/mol. The Morgan fingerprint density at radius 3 is 2.74 bits per heavy atom. The first-order chi connectivity index (χ1) is 9.22. The fraction of sp³-hybridized carbons (Fsp3) is 0.533. The van der Waals surface area contributed by atoms with Crippen LogP contribution in [0.4, 0.5) is 5.69 Å². The minimum atomic E-state index is -0.430. The summed E-state index contributed by atoms with van der Waals surface area (Å²) in [6.45, 7) is 0.675. The molecule has 0 aromatic heterocycles. The lowest BCUT2D eigenvalue weighted by atomic mass is 9.90. The van der Waals surface area contributed by atoms with E-state index in [2.05, 4.69) is 0 Å². The highest BCUT2D eigenvalue weighted by Crippen LogP contribution is 2.29. The molecule has 1 fully saturated rings. The molecule has 0 unspecified atom stereocenters. The number of hydrogen-bond donors (Lipinski definition) is 1. The van der Waals surface area contributed by atoms with E-state index in [0.717, 1.165) is 0 Å². The Hall–Kier alpha value is -1.71. The molecule has 4 nitrogen and oxygen atoms in total. The highest BCUT2D eigenvalue weighted by molar-refractivity contribution is 5.96. The zero-order valence-electron chi connectivity index (χ0n) is 11.4. The third-order valence-electron chi connectivity index (χ3n) is 3.67. The van der Waals surface area contributed by atoms with Gasteiger partial charge in [-0.25, -0.2) is 4.79 Å². The molecule has 19 heavy (non-hydrogen) atoms. The summed E-state index contributed by atoms with van der Waals surface area (Å²) in [6.07, 6.45) is 6.33. The van der Waals surface area contributed by atoms with E-state index in [0.29, 0.717) is 29.5 Å². The number of anilines is 1. The third kappa shape index (κ3) is 3.40. The van der Waals surface area contributed by atoms with Crippen molar-refractivity contribution < 1.29 is 14.3 Å². The maximum Gasteiger partial charge on any atom is 0.340 e. The van der Waals surface area contributed by atoms with Crippen molar-refractivity contribution in [1.29, 1.82) is 0 Å². The maximum absolute atomic E-state index is 11.5. The summed E-state index contributed by atoms with van der Waals surface area (Å²) >= 11 is 0. The SMILES string of the molecule is COC(=O)c1cccc(OCC2CCCCC2)c1N. The Kier molecular flexibility index (Phi) is 4.66. The molecule has 4 heteroatoms. The van der Waals surface area contributed by atoms with Crippen molar-refractivity contribution in [3.8, 4) is 5.75 Å². The molecule has 0 aliphatic heterocycles. The highest BCUT2D eigenvalue weighted by atomic mass is 16.5. The monoisotopic (exact) mass is 263 g/mol. The lowest BCUT2D eigenvalue weighted by Gasteiger charge is -2.22. The molecular formula is C15H21NO3. The molecule has 104 valence electrons. The van der Waals surface area contributed by atoms with Crippen molar-refractivity contribution in [2.24, 2.45) is 5.92 Å². The summed E-state index contributed by atoms with van der Waals surface area (Å²) in [5, 5.41) is 0. The van der Waals surface area contributed by atoms with Crippen LogP contribution in [0.5, 0.6) is 5.75 Å². The number of carbonyl (C=O) groups is 1. The van der Waals surface area contributed by atoms with Crippen LogP contribution in [-0.2, 0) is 4.74 Å². The molecule has 0 radical (unpaired) electrons. The van der Waals surface area contributed by atoms with Crippen LogP contribution >= 0.6 is 0 Å². The van der Waals surface area contributed by atoms with Gasteiger partial charge in [0.25, 0.3) is 0 Å². The average Bonchev–Trinajstić information content (AvgIpc) is 2.46. The number of nitrogen functional groups attached to an aromatic ring is 1. The van der Waals surface area contributed by atoms with Gasteiger partial charge in [0.1, 0.15) is 5.75 Å². The molecule has 1 aromatic carbocycles. The Morgan fingerprint density at radius 1 is 1.32 bits per heavy atom. The lowest BCUT2D eigenvalue weighted by Crippen LogP contribution is -2.16. The van der Waals surface area contributed by atoms with Crippen molar-refractivity contribution in [2.45, 2.75) is 32.1 Å². The van der Waals surface area contributed by atoms with Gasteiger partial charge in [-0.05, 0) is 30.9 Å². The van der Waals surface area contributed by atoms with Crippen LogP contribution < -0.4 is 10.5 Å². The Labute approximate surface area is 113 Å². The van der Waals surface area contributed by atoms with E-state index >= 15 is 0 Å². The van der Waals surface area contributed by atoms with Crippen LogP contribution in [0.2, 0.25) is 0 Å². The second-order valence-electron chi connectivity index (χ2n) is 5.02. The zero-order chi connectivity index (χ0) is 13.7. The molecule has 0 heterocycles. The molecule has 0 spiro atoms. The summed E-state index contributed by atoms with van der Waals surface area (Å²) in [5.41, 5.74) is 6.68. The van der Waals surface area contributed by atoms with Gasteiger partial charge in [-0.15, -0.1) is 0 Å². The summed E-state index contributed by atoms with van der Waals surface area (Å²) < 4.78 is 10.5. The normalized spacial score (nSPS) is 16.1. The summed E-state index contributed by atoms with van der Waals surface area (Å²) in [6, 6.07) is 5.21. The number of methoxy groups -OCH3 is 1. The number of nitrogens with two attached hydrogens (primary N) is 1. The van der Waals surface area contributed by atoms with E-state index in [-0.39, 0.29) is 0 Å². The van der Waals surface area contributed by atoms with E-state index in [1.807, 2.05) is 0 Å². The van der Waals surface area contributed by atoms with Gasteiger partial charge in [-0.1, -0.05) is 25.3 Å². The van der Waals surface area contributed by atoms with Crippen LogP contribution in [0.15, 0.2) is 18.2 Å². The summed E-state index contributed by atoms with van der Waals surface area (Å²) in [7, 11) is 1.34. The van der Waals surface area contributed by atoms with Crippen molar-refractivity contribution in [3.63, 3.8) is 0 Å². The van der Waals surface area contributed by atoms with Gasteiger partial charge in [-0.2, -0.15) is 0 Å². The number of hydrogen-bond acceptors (Lipinski definition) is 4. The third-order valence-corrected chi connectivity index (χ3v) is 3.67. The number of esters is 1. The van der Waals surface area contributed by atoms with Gasteiger partial charge in [0.05, 0.1) is 25.0 Å². The molecule has 1 aromatic rings. The molecule has 1 aliphatic carbocycles. The number of para-hydroxylation sites is 1. The summed E-state index contributed by atoms with van der Waals surface area (Å²) in [4.78, 5) is 11.5. The molecule has 0 atom stereocenters. The molecule has 2 N–H and O–H groups in total. The molecule has 2 rings (SSSR count). The number of carbonyl (C=O) groups excluding carboxylic acids is 1. The molecule has 1 aliphatic rings. The van der Waals surface area contributed by atoms with E-state index in [4.69, 9.17) is 15.2 Å². The van der Waals surface area contributed by atoms with E-state index in [9.17, 15) is 4.79 Å². The molecule has 0 bridgehead atoms. The standard InChI is InChI=1S/C15H21NO3/c1-18-15(17)12-8-5-9-13(14(12)16)19-10-11-6-3-2-4-7-11/h5,8-9,11H,2-4,6-7,10,16H2,1H3. The van der Waals surface area contributed by atoms with Crippen LogP contribution in [0.1, 0.15) is 42.5 Å². The van der Waals surface area contributed by atoms with Crippen LogP contribution in [0, 0.1) is 5.92 Å². The van der Waals surface area contributed by atoms with Gasteiger partial charge in [0.2, 0.25) is 0 Å². The minimum absolute atomic E-state index is 0.364. The lowest BCUT2D eigenvalue weighted by molar-refractivity contribution is 0.0601. The predicted molar refractivity (Wildman–Crippen MR) is 74.3 cm³/mol. The number of benzene rings is 1. The molecule has 0 amide bonds. The van der Waals surface area contributed by atoms with E-state index in [1.165, 1.54) is 39.2 Å². The largest absolute Gasteiger partial charge is 0.491 e. The van der Waals surface area contributed by atoms with Crippen LogP contribution in [0.3, 0.4) is 0 Å². The Bertz CT molecular complexity index is 439. The highest BCUT2D eigenvalue weighted by Gasteiger charge is 2.17. The van der Waals surface area contributed by atoms with Crippen LogP contribution in [-0.4, -0.2) is 19.7 Å². The average molecular weight is 263 g/mol. The van der Waals surface area contributed by atoms with Gasteiger partial charge in [0.15, 0.2) is 0 Å². The fourth-order valence-corrected chi connectivity index (χ4v) is 2.52. The Morgan fingerprint density at radius 2 is 2.05 bits per heavy atom. The van der Waals surface area contributed by atoms with Crippen LogP contribution in [0.25, 0.3) is 0 Å². The Balaban J connectivity index is 2.01. The van der Waals surface area contributed by atoms with Crippen molar-refractivity contribution in [2.75, 3.05) is 19.5 Å². The van der Waals surface area contributed by atoms with Gasteiger partial charge < -0.3 is 15.2 Å². The van der Waals surface area contributed by atoms with Crippen molar-refractivity contribution in [3.05, 3.63) is 23.8 Å². The van der Waals surface area contributed by atoms with Gasteiger partial charge in [-0.3, -0.25) is 0 Å².